The number of aryl methyl sites for hydroxylation is 1. The Kier molecular flexibility index (Phi) is 4.25. The summed E-state index contributed by atoms with van der Waals surface area (Å²) < 4.78 is 33.2. The van der Waals surface area contributed by atoms with Crippen molar-refractivity contribution >= 4 is 11.7 Å². The van der Waals surface area contributed by atoms with Gasteiger partial charge in [0.1, 0.15) is 0 Å². The van der Waals surface area contributed by atoms with Crippen LogP contribution in [0.15, 0.2) is 12.1 Å². The molecule has 6 heteroatoms. The molecule has 0 fully saturated rings. The quantitative estimate of drug-likeness (QED) is 0.653. The highest BCUT2D eigenvalue weighted by Crippen LogP contribution is 2.29. The summed E-state index contributed by atoms with van der Waals surface area (Å²) in [4.78, 5) is 11.4. The number of anilines is 1. The lowest BCUT2D eigenvalue weighted by atomic mass is 10.1. The molecule has 1 aromatic carbocycles. The Bertz CT molecular complexity index is 398. The van der Waals surface area contributed by atoms with Crippen LogP contribution in [0.5, 0.6) is 5.75 Å². The maximum absolute atomic E-state index is 12.1. The molecule has 4 nitrogen and oxygen atoms in total. The van der Waals surface area contributed by atoms with Gasteiger partial charge in [-0.05, 0) is 31.5 Å². The van der Waals surface area contributed by atoms with Crippen molar-refractivity contribution in [2.75, 3.05) is 12.3 Å². The van der Waals surface area contributed by atoms with Crippen LogP contribution in [0, 0.1) is 6.92 Å². The van der Waals surface area contributed by atoms with E-state index in [-0.39, 0.29) is 23.6 Å². The minimum Gasteiger partial charge on any atom is -0.462 e. The highest BCUT2D eigenvalue weighted by Gasteiger charge is 2.15. The molecule has 1 rings (SSSR count). The van der Waals surface area contributed by atoms with Crippen LogP contribution in [-0.4, -0.2) is 19.2 Å². The molecule has 0 amide bonds. The first-order valence-electron chi connectivity index (χ1n) is 4.97. The molecule has 0 atom stereocenters. The van der Waals surface area contributed by atoms with Crippen LogP contribution in [-0.2, 0) is 4.74 Å². The van der Waals surface area contributed by atoms with E-state index in [9.17, 15) is 13.6 Å². The average molecular weight is 245 g/mol. The number of benzene rings is 1. The van der Waals surface area contributed by atoms with E-state index in [0.29, 0.717) is 5.56 Å². The molecule has 0 radical (unpaired) electrons. The molecule has 0 bridgehead atoms. The predicted molar refractivity (Wildman–Crippen MR) is 58.2 cm³/mol. The number of carbonyl (C=O) groups excluding carboxylic acids is 1. The lowest BCUT2D eigenvalue weighted by molar-refractivity contribution is -0.0497. The summed E-state index contributed by atoms with van der Waals surface area (Å²) in [5.41, 5.74) is 6.08. The number of ether oxygens (including phenoxy) is 2. The SMILES string of the molecule is CCOC(=O)c1cc(C)c(OC(F)F)c(N)c1. The highest BCUT2D eigenvalue weighted by atomic mass is 19.3. The first-order valence-corrected chi connectivity index (χ1v) is 4.97. The number of halogens is 2. The standard InChI is InChI=1S/C11H13F2NO3/c1-3-16-10(15)7-4-6(2)9(8(14)5-7)17-11(12)13/h4-5,11H,3,14H2,1-2H3. The Morgan fingerprint density at radius 2 is 2.12 bits per heavy atom. The molecule has 0 aromatic heterocycles. The summed E-state index contributed by atoms with van der Waals surface area (Å²) in [5.74, 6) is -0.668. The summed E-state index contributed by atoms with van der Waals surface area (Å²) in [6.45, 7) is 0.469. The van der Waals surface area contributed by atoms with Crippen molar-refractivity contribution in [1.29, 1.82) is 0 Å². The lowest BCUT2D eigenvalue weighted by Gasteiger charge is -2.12. The van der Waals surface area contributed by atoms with Gasteiger partial charge in [0.25, 0.3) is 0 Å². The minimum atomic E-state index is -2.95. The van der Waals surface area contributed by atoms with E-state index in [1.165, 1.54) is 19.1 Å². The van der Waals surface area contributed by atoms with Gasteiger partial charge in [0, 0.05) is 0 Å². The van der Waals surface area contributed by atoms with Crippen molar-refractivity contribution in [3.8, 4) is 5.75 Å². The molecule has 0 aliphatic heterocycles. The minimum absolute atomic E-state index is 0.0200. The van der Waals surface area contributed by atoms with Gasteiger partial charge in [-0.15, -0.1) is 0 Å². The van der Waals surface area contributed by atoms with Gasteiger partial charge >= 0.3 is 12.6 Å². The van der Waals surface area contributed by atoms with Gasteiger partial charge in [0.15, 0.2) is 5.75 Å². The third-order valence-electron chi connectivity index (χ3n) is 2.02. The largest absolute Gasteiger partial charge is 0.462 e. The smallest absolute Gasteiger partial charge is 0.387 e. The molecule has 2 N–H and O–H groups in total. The van der Waals surface area contributed by atoms with Crippen molar-refractivity contribution in [2.24, 2.45) is 0 Å². The number of hydrogen-bond acceptors (Lipinski definition) is 4. The summed E-state index contributed by atoms with van der Waals surface area (Å²) in [6, 6.07) is 2.65. The lowest BCUT2D eigenvalue weighted by Crippen LogP contribution is -2.09. The van der Waals surface area contributed by atoms with E-state index >= 15 is 0 Å². The van der Waals surface area contributed by atoms with Gasteiger partial charge in [0.2, 0.25) is 0 Å². The second kappa shape index (κ2) is 5.47. The van der Waals surface area contributed by atoms with Crippen LogP contribution in [0.4, 0.5) is 14.5 Å². The monoisotopic (exact) mass is 245 g/mol. The molecule has 0 spiro atoms. The first-order chi connectivity index (χ1) is 7.95. The Morgan fingerprint density at radius 1 is 1.47 bits per heavy atom. The second-order valence-corrected chi connectivity index (χ2v) is 3.31. The Morgan fingerprint density at radius 3 is 2.59 bits per heavy atom. The van der Waals surface area contributed by atoms with Gasteiger partial charge in [-0.25, -0.2) is 4.79 Å². The Balaban J connectivity index is 3.04. The number of rotatable bonds is 4. The summed E-state index contributed by atoms with van der Waals surface area (Å²) in [5, 5.41) is 0. The van der Waals surface area contributed by atoms with Crippen LogP contribution < -0.4 is 10.5 Å². The van der Waals surface area contributed by atoms with Crippen LogP contribution in [0.3, 0.4) is 0 Å². The zero-order chi connectivity index (χ0) is 13.0. The maximum Gasteiger partial charge on any atom is 0.387 e. The predicted octanol–water partition coefficient (Wildman–Crippen LogP) is 2.36. The molecule has 0 unspecified atom stereocenters. The van der Waals surface area contributed by atoms with Gasteiger partial charge in [-0.2, -0.15) is 8.78 Å². The maximum atomic E-state index is 12.1. The normalized spacial score (nSPS) is 10.4. The van der Waals surface area contributed by atoms with E-state index in [1.54, 1.807) is 6.92 Å². The molecular formula is C11H13F2NO3. The van der Waals surface area contributed by atoms with Crippen molar-refractivity contribution in [2.45, 2.75) is 20.5 Å². The van der Waals surface area contributed by atoms with Crippen LogP contribution >= 0.6 is 0 Å². The van der Waals surface area contributed by atoms with Gasteiger partial charge in [0.05, 0.1) is 17.9 Å². The zero-order valence-corrected chi connectivity index (χ0v) is 9.50. The highest BCUT2D eigenvalue weighted by molar-refractivity contribution is 5.91. The van der Waals surface area contributed by atoms with E-state index < -0.39 is 12.6 Å². The van der Waals surface area contributed by atoms with Crippen molar-refractivity contribution in [3.63, 3.8) is 0 Å². The molecule has 17 heavy (non-hydrogen) atoms. The van der Waals surface area contributed by atoms with E-state index in [4.69, 9.17) is 10.5 Å². The number of nitrogen functional groups attached to an aromatic ring is 1. The first kappa shape index (κ1) is 13.2. The topological polar surface area (TPSA) is 61.5 Å². The number of nitrogens with two attached hydrogens (primary N) is 1. The summed E-state index contributed by atoms with van der Waals surface area (Å²) >= 11 is 0. The third-order valence-corrected chi connectivity index (χ3v) is 2.02. The van der Waals surface area contributed by atoms with Gasteiger partial charge < -0.3 is 15.2 Å². The fourth-order valence-electron chi connectivity index (χ4n) is 1.38. The molecule has 1 aromatic rings. The third kappa shape index (κ3) is 3.30. The average Bonchev–Trinajstić information content (AvgIpc) is 2.23. The van der Waals surface area contributed by atoms with Crippen LogP contribution in [0.2, 0.25) is 0 Å². The fraction of sp³-hybridized carbons (Fsp3) is 0.364. The Hall–Kier alpha value is -1.85. The summed E-state index contributed by atoms with van der Waals surface area (Å²) in [6.07, 6.45) is 0. The summed E-state index contributed by atoms with van der Waals surface area (Å²) in [7, 11) is 0. The zero-order valence-electron chi connectivity index (χ0n) is 9.50. The number of carbonyl (C=O) groups is 1. The molecular weight excluding hydrogens is 232 g/mol. The van der Waals surface area contributed by atoms with E-state index in [2.05, 4.69) is 4.74 Å². The Labute approximate surface area is 97.3 Å². The number of esters is 1. The van der Waals surface area contributed by atoms with E-state index in [0.717, 1.165) is 0 Å². The second-order valence-electron chi connectivity index (χ2n) is 3.31. The molecule has 0 saturated carbocycles. The van der Waals surface area contributed by atoms with Crippen LogP contribution in [0.25, 0.3) is 0 Å². The van der Waals surface area contributed by atoms with Gasteiger partial charge in [-0.1, -0.05) is 0 Å². The molecule has 0 heterocycles. The molecule has 0 aliphatic carbocycles. The van der Waals surface area contributed by atoms with Crippen molar-refractivity contribution in [3.05, 3.63) is 23.3 Å². The number of hydrogen-bond donors (Lipinski definition) is 1. The van der Waals surface area contributed by atoms with Crippen molar-refractivity contribution in [1.82, 2.24) is 0 Å². The molecule has 94 valence electrons. The van der Waals surface area contributed by atoms with Crippen molar-refractivity contribution < 1.29 is 23.0 Å². The molecule has 0 saturated heterocycles. The van der Waals surface area contributed by atoms with Crippen LogP contribution in [0.1, 0.15) is 22.8 Å². The van der Waals surface area contributed by atoms with E-state index in [1.807, 2.05) is 0 Å². The fourth-order valence-corrected chi connectivity index (χ4v) is 1.38. The molecule has 0 aliphatic rings. The van der Waals surface area contributed by atoms with Gasteiger partial charge in [-0.3, -0.25) is 0 Å². The number of alkyl halides is 2.